The van der Waals surface area contributed by atoms with Gasteiger partial charge in [0.05, 0.1) is 18.0 Å². The summed E-state index contributed by atoms with van der Waals surface area (Å²) in [4.78, 5) is 6.70. The number of hydrogen-bond acceptors (Lipinski definition) is 4. The highest BCUT2D eigenvalue weighted by atomic mass is 16.5. The van der Waals surface area contributed by atoms with Gasteiger partial charge in [0.15, 0.2) is 0 Å². The van der Waals surface area contributed by atoms with Crippen LogP contribution in [0.3, 0.4) is 0 Å². The maximum absolute atomic E-state index is 5.71. The second kappa shape index (κ2) is 5.36. The van der Waals surface area contributed by atoms with Crippen LogP contribution in [0.2, 0.25) is 0 Å². The van der Waals surface area contributed by atoms with Crippen molar-refractivity contribution in [2.75, 3.05) is 25.9 Å². The molecule has 0 spiro atoms. The smallest absolute Gasteiger partial charge is 0.213 e. The molecule has 0 bridgehead atoms. The van der Waals surface area contributed by atoms with Crippen molar-refractivity contribution in [3.63, 3.8) is 0 Å². The van der Waals surface area contributed by atoms with Crippen molar-refractivity contribution in [1.29, 1.82) is 0 Å². The van der Waals surface area contributed by atoms with E-state index >= 15 is 0 Å². The van der Waals surface area contributed by atoms with Gasteiger partial charge in [0.25, 0.3) is 0 Å². The molecule has 0 aliphatic carbocycles. The quantitative estimate of drug-likeness (QED) is 0.865. The second-order valence-corrected chi connectivity index (χ2v) is 4.74. The molecule has 2 N–H and O–H groups in total. The van der Waals surface area contributed by atoms with Crippen molar-refractivity contribution in [2.45, 2.75) is 32.2 Å². The van der Waals surface area contributed by atoms with Gasteiger partial charge in [0.1, 0.15) is 0 Å². The number of aryl methyl sites for hydroxylation is 1. The third kappa shape index (κ3) is 3.09. The summed E-state index contributed by atoms with van der Waals surface area (Å²) in [6.45, 7) is 3.84. The molecule has 0 saturated carbocycles. The highest BCUT2D eigenvalue weighted by Gasteiger charge is 2.20. The van der Waals surface area contributed by atoms with Gasteiger partial charge in [0, 0.05) is 12.1 Å². The lowest BCUT2D eigenvalue weighted by Gasteiger charge is -2.19. The van der Waals surface area contributed by atoms with Gasteiger partial charge < -0.3 is 15.4 Å². The summed E-state index contributed by atoms with van der Waals surface area (Å²) in [5.74, 6) is 0.678. The third-order valence-corrected chi connectivity index (χ3v) is 3.47. The summed E-state index contributed by atoms with van der Waals surface area (Å²) >= 11 is 0. The highest BCUT2D eigenvalue weighted by Crippen LogP contribution is 2.19. The van der Waals surface area contributed by atoms with Gasteiger partial charge >= 0.3 is 0 Å². The predicted octanol–water partition coefficient (Wildman–Crippen LogP) is 1.84. The zero-order valence-corrected chi connectivity index (χ0v) is 10.6. The molecule has 1 atom stereocenters. The van der Waals surface area contributed by atoms with Gasteiger partial charge in [0.2, 0.25) is 5.88 Å². The summed E-state index contributed by atoms with van der Waals surface area (Å²) in [5, 5.41) is 0. The molecule has 1 fully saturated rings. The van der Waals surface area contributed by atoms with E-state index in [0.717, 1.165) is 18.7 Å². The molecule has 4 nitrogen and oxygen atoms in total. The third-order valence-electron chi connectivity index (χ3n) is 3.47. The Morgan fingerprint density at radius 3 is 3.00 bits per heavy atom. The van der Waals surface area contributed by atoms with Gasteiger partial charge in [-0.2, -0.15) is 0 Å². The van der Waals surface area contributed by atoms with E-state index in [2.05, 4.69) is 16.9 Å². The topological polar surface area (TPSA) is 51.4 Å². The SMILES string of the molecule is Cc1nc(OCCC2CCCN2C)ccc1N. The van der Waals surface area contributed by atoms with Gasteiger partial charge in [-0.25, -0.2) is 4.98 Å². The Bertz CT molecular complexity index is 381. The van der Waals surface area contributed by atoms with Crippen molar-refractivity contribution >= 4 is 5.69 Å². The van der Waals surface area contributed by atoms with Crippen LogP contribution in [0.15, 0.2) is 12.1 Å². The fourth-order valence-corrected chi connectivity index (χ4v) is 2.27. The summed E-state index contributed by atoms with van der Waals surface area (Å²) in [6, 6.07) is 4.35. The van der Waals surface area contributed by atoms with E-state index in [4.69, 9.17) is 10.5 Å². The maximum Gasteiger partial charge on any atom is 0.213 e. The van der Waals surface area contributed by atoms with Crippen molar-refractivity contribution in [2.24, 2.45) is 0 Å². The number of rotatable bonds is 4. The zero-order valence-electron chi connectivity index (χ0n) is 10.6. The number of anilines is 1. The number of nitrogens with zero attached hydrogens (tertiary/aromatic N) is 2. The average Bonchev–Trinajstić information content (AvgIpc) is 2.70. The van der Waals surface area contributed by atoms with Crippen molar-refractivity contribution in [1.82, 2.24) is 9.88 Å². The van der Waals surface area contributed by atoms with Gasteiger partial charge in [-0.05, 0) is 45.8 Å². The van der Waals surface area contributed by atoms with Crippen LogP contribution in [0.1, 0.15) is 25.0 Å². The van der Waals surface area contributed by atoms with Gasteiger partial charge in [-0.1, -0.05) is 0 Å². The molecular weight excluding hydrogens is 214 g/mol. The van der Waals surface area contributed by atoms with E-state index in [1.807, 2.05) is 19.1 Å². The first-order valence-electron chi connectivity index (χ1n) is 6.23. The minimum atomic E-state index is 0.671. The van der Waals surface area contributed by atoms with E-state index in [0.29, 0.717) is 17.6 Å². The largest absolute Gasteiger partial charge is 0.478 e. The maximum atomic E-state index is 5.71. The molecule has 1 aromatic heterocycles. The minimum Gasteiger partial charge on any atom is -0.478 e. The summed E-state index contributed by atoms with van der Waals surface area (Å²) < 4.78 is 5.66. The molecule has 17 heavy (non-hydrogen) atoms. The first-order chi connectivity index (χ1) is 8.16. The first kappa shape index (κ1) is 12.2. The Kier molecular flexibility index (Phi) is 3.84. The number of likely N-dealkylation sites (tertiary alicyclic amines) is 1. The number of hydrogen-bond donors (Lipinski definition) is 1. The number of nitrogens with two attached hydrogens (primary N) is 1. The van der Waals surface area contributed by atoms with Crippen LogP contribution in [0.5, 0.6) is 5.88 Å². The second-order valence-electron chi connectivity index (χ2n) is 4.74. The monoisotopic (exact) mass is 235 g/mol. The molecule has 2 heterocycles. The number of aromatic nitrogens is 1. The van der Waals surface area contributed by atoms with Gasteiger partial charge in [-0.15, -0.1) is 0 Å². The van der Waals surface area contributed by atoms with Crippen molar-refractivity contribution in [3.05, 3.63) is 17.8 Å². The normalized spacial score (nSPS) is 20.7. The Morgan fingerprint density at radius 1 is 1.53 bits per heavy atom. The lowest BCUT2D eigenvalue weighted by atomic mass is 10.1. The lowest BCUT2D eigenvalue weighted by molar-refractivity contribution is 0.228. The Morgan fingerprint density at radius 2 is 2.35 bits per heavy atom. The van der Waals surface area contributed by atoms with Gasteiger partial charge in [-0.3, -0.25) is 0 Å². The van der Waals surface area contributed by atoms with Crippen LogP contribution < -0.4 is 10.5 Å². The fraction of sp³-hybridized carbons (Fsp3) is 0.615. The van der Waals surface area contributed by atoms with Crippen molar-refractivity contribution in [3.8, 4) is 5.88 Å². The molecule has 0 radical (unpaired) electrons. The molecule has 0 amide bonds. The first-order valence-corrected chi connectivity index (χ1v) is 6.23. The molecule has 1 aliphatic rings. The zero-order chi connectivity index (χ0) is 12.3. The molecule has 94 valence electrons. The van der Waals surface area contributed by atoms with E-state index in [1.54, 1.807) is 0 Å². The highest BCUT2D eigenvalue weighted by molar-refractivity contribution is 5.43. The summed E-state index contributed by atoms with van der Waals surface area (Å²) in [7, 11) is 2.18. The van der Waals surface area contributed by atoms with E-state index in [9.17, 15) is 0 Å². The Balaban J connectivity index is 1.79. The predicted molar refractivity (Wildman–Crippen MR) is 69.2 cm³/mol. The summed E-state index contributed by atoms with van der Waals surface area (Å²) in [5.41, 5.74) is 7.26. The van der Waals surface area contributed by atoms with E-state index in [1.165, 1.54) is 19.4 Å². The Labute approximate surface area is 103 Å². The lowest BCUT2D eigenvalue weighted by Crippen LogP contribution is -2.26. The van der Waals surface area contributed by atoms with Crippen LogP contribution in [-0.4, -0.2) is 36.1 Å². The van der Waals surface area contributed by atoms with Crippen LogP contribution in [0.25, 0.3) is 0 Å². The minimum absolute atomic E-state index is 0.671. The standard InChI is InChI=1S/C13H21N3O/c1-10-12(14)5-6-13(15-10)17-9-7-11-4-3-8-16(11)2/h5-6,11H,3-4,7-9,14H2,1-2H3. The molecule has 1 saturated heterocycles. The summed E-state index contributed by atoms with van der Waals surface area (Å²) in [6.07, 6.45) is 3.66. The number of nitrogen functional groups attached to an aromatic ring is 1. The Hall–Kier alpha value is -1.29. The number of ether oxygens (including phenoxy) is 1. The molecule has 1 aliphatic heterocycles. The van der Waals surface area contributed by atoms with E-state index < -0.39 is 0 Å². The van der Waals surface area contributed by atoms with Crippen LogP contribution in [0.4, 0.5) is 5.69 Å². The molecule has 0 aromatic carbocycles. The van der Waals surface area contributed by atoms with Crippen LogP contribution in [0, 0.1) is 6.92 Å². The number of pyridine rings is 1. The van der Waals surface area contributed by atoms with E-state index in [-0.39, 0.29) is 0 Å². The molecule has 4 heteroatoms. The fourth-order valence-electron chi connectivity index (χ4n) is 2.27. The van der Waals surface area contributed by atoms with Crippen LogP contribution >= 0.6 is 0 Å². The van der Waals surface area contributed by atoms with Crippen molar-refractivity contribution < 1.29 is 4.74 Å². The molecular formula is C13H21N3O. The average molecular weight is 235 g/mol. The molecule has 2 rings (SSSR count). The molecule has 1 unspecified atom stereocenters. The van der Waals surface area contributed by atoms with Crippen LogP contribution in [-0.2, 0) is 0 Å². The molecule has 1 aromatic rings.